The van der Waals surface area contributed by atoms with Crippen molar-refractivity contribution in [3.63, 3.8) is 0 Å². The first kappa shape index (κ1) is 14.7. The van der Waals surface area contributed by atoms with Gasteiger partial charge in [0.1, 0.15) is 12.4 Å². The Hall–Kier alpha value is -2.70. The number of rotatable bonds is 5. The lowest BCUT2D eigenvalue weighted by atomic mass is 10.1. The van der Waals surface area contributed by atoms with Gasteiger partial charge in [0, 0.05) is 0 Å². The van der Waals surface area contributed by atoms with Crippen LogP contribution in [-0.4, -0.2) is 37.8 Å². The third kappa shape index (κ3) is 3.44. The fourth-order valence-electron chi connectivity index (χ4n) is 1.79. The largest absolute Gasteiger partial charge is 0.480 e. The average molecular weight is 288 g/mol. The molecule has 1 aromatic heterocycles. The molecule has 0 saturated heterocycles. The molecule has 1 amide bonds. The number of aliphatic carboxylic acids is 1. The predicted octanol–water partition coefficient (Wildman–Crippen LogP) is 1.11. The fourth-order valence-corrected chi connectivity index (χ4v) is 1.79. The summed E-state index contributed by atoms with van der Waals surface area (Å²) in [4.78, 5) is 27.0. The maximum atomic E-state index is 12.0. The third-order valence-electron chi connectivity index (χ3n) is 2.93. The topological polar surface area (TPSA) is 97.1 Å². The van der Waals surface area contributed by atoms with Crippen LogP contribution in [0.1, 0.15) is 24.5 Å². The second-order valence-corrected chi connectivity index (χ2v) is 4.88. The number of hydrogen-bond acceptors (Lipinski definition) is 4. The first-order chi connectivity index (χ1) is 9.99. The van der Waals surface area contributed by atoms with E-state index >= 15 is 0 Å². The molecule has 0 saturated carbocycles. The number of nitrogens with one attached hydrogen (secondary N) is 1. The Morgan fingerprint density at radius 2 is 1.90 bits per heavy atom. The monoisotopic (exact) mass is 288 g/mol. The lowest BCUT2D eigenvalue weighted by Gasteiger charge is -2.16. The second kappa shape index (κ2) is 6.17. The van der Waals surface area contributed by atoms with Gasteiger partial charge in [-0.2, -0.15) is 0 Å². The third-order valence-corrected chi connectivity index (χ3v) is 2.93. The molecule has 1 aromatic carbocycles. The van der Waals surface area contributed by atoms with Crippen molar-refractivity contribution in [3.8, 4) is 5.69 Å². The van der Waals surface area contributed by atoms with Crippen molar-refractivity contribution in [1.82, 2.24) is 20.1 Å². The molecule has 0 fully saturated rings. The Morgan fingerprint density at radius 1 is 1.24 bits per heavy atom. The summed E-state index contributed by atoms with van der Waals surface area (Å²) in [5.41, 5.74) is 0.766. The SMILES string of the molecule is CC(C)[C@H](NC(=O)c1ncn(-c2ccccc2)n1)C(=O)O. The van der Waals surface area contributed by atoms with Gasteiger partial charge in [-0.15, -0.1) is 5.10 Å². The highest BCUT2D eigenvalue weighted by Gasteiger charge is 2.25. The van der Waals surface area contributed by atoms with E-state index in [1.807, 2.05) is 30.3 Å². The van der Waals surface area contributed by atoms with Crippen LogP contribution in [0, 0.1) is 5.92 Å². The lowest BCUT2D eigenvalue weighted by molar-refractivity contribution is -0.140. The maximum Gasteiger partial charge on any atom is 0.326 e. The van der Waals surface area contributed by atoms with E-state index in [4.69, 9.17) is 5.11 Å². The molecule has 1 heterocycles. The Kier molecular flexibility index (Phi) is 4.32. The van der Waals surface area contributed by atoms with Gasteiger partial charge >= 0.3 is 5.97 Å². The van der Waals surface area contributed by atoms with Crippen molar-refractivity contribution in [2.45, 2.75) is 19.9 Å². The smallest absolute Gasteiger partial charge is 0.326 e. The fraction of sp³-hybridized carbons (Fsp3) is 0.286. The summed E-state index contributed by atoms with van der Waals surface area (Å²) in [6.07, 6.45) is 1.41. The van der Waals surface area contributed by atoms with Crippen molar-refractivity contribution in [1.29, 1.82) is 0 Å². The number of nitrogens with zero attached hydrogens (tertiary/aromatic N) is 3. The van der Waals surface area contributed by atoms with Crippen LogP contribution >= 0.6 is 0 Å². The number of carbonyl (C=O) groups excluding carboxylic acids is 1. The quantitative estimate of drug-likeness (QED) is 0.859. The molecule has 0 spiro atoms. The van der Waals surface area contributed by atoms with Crippen LogP contribution in [0.15, 0.2) is 36.7 Å². The molecule has 0 aliphatic carbocycles. The van der Waals surface area contributed by atoms with Gasteiger partial charge in [-0.05, 0) is 18.1 Å². The zero-order valence-electron chi connectivity index (χ0n) is 11.7. The number of hydrogen-bond donors (Lipinski definition) is 2. The van der Waals surface area contributed by atoms with Crippen LogP contribution in [0.2, 0.25) is 0 Å². The molecular formula is C14H16N4O3. The van der Waals surface area contributed by atoms with E-state index in [0.717, 1.165) is 5.69 Å². The summed E-state index contributed by atoms with van der Waals surface area (Å²) in [7, 11) is 0. The Balaban J connectivity index is 2.14. The van der Waals surface area contributed by atoms with Crippen LogP contribution in [-0.2, 0) is 4.79 Å². The number of carbonyl (C=O) groups is 2. The van der Waals surface area contributed by atoms with Crippen LogP contribution in [0.3, 0.4) is 0 Å². The molecule has 110 valence electrons. The van der Waals surface area contributed by atoms with Crippen molar-refractivity contribution in [2.75, 3.05) is 0 Å². The number of carboxylic acid groups (broad SMARTS) is 1. The number of benzene rings is 1. The Morgan fingerprint density at radius 3 is 2.48 bits per heavy atom. The first-order valence-electron chi connectivity index (χ1n) is 6.50. The van der Waals surface area contributed by atoms with Crippen LogP contribution in [0.25, 0.3) is 5.69 Å². The average Bonchev–Trinajstić information content (AvgIpc) is 2.94. The summed E-state index contributed by atoms with van der Waals surface area (Å²) in [6, 6.07) is 8.23. The van der Waals surface area contributed by atoms with Gasteiger partial charge in [-0.25, -0.2) is 14.5 Å². The molecule has 1 atom stereocenters. The Labute approximate surface area is 121 Å². The van der Waals surface area contributed by atoms with Gasteiger partial charge in [0.2, 0.25) is 5.82 Å². The van der Waals surface area contributed by atoms with Crippen molar-refractivity contribution in [2.24, 2.45) is 5.92 Å². The molecule has 2 rings (SSSR count). The minimum Gasteiger partial charge on any atom is -0.480 e. The van der Waals surface area contributed by atoms with E-state index < -0.39 is 17.9 Å². The number of aromatic nitrogens is 3. The van der Waals surface area contributed by atoms with Crippen LogP contribution < -0.4 is 5.32 Å². The number of amides is 1. The Bertz CT molecular complexity index is 637. The van der Waals surface area contributed by atoms with Gasteiger partial charge in [0.05, 0.1) is 5.69 Å². The van der Waals surface area contributed by atoms with E-state index in [-0.39, 0.29) is 11.7 Å². The van der Waals surface area contributed by atoms with Crippen molar-refractivity contribution < 1.29 is 14.7 Å². The molecular weight excluding hydrogens is 272 g/mol. The standard InChI is InChI=1S/C14H16N4O3/c1-9(2)11(14(20)21)16-13(19)12-15-8-18(17-12)10-6-4-3-5-7-10/h3-9,11H,1-2H3,(H,16,19)(H,20,21)/t11-/m0/s1. The minimum atomic E-state index is -1.08. The van der Waals surface area contributed by atoms with E-state index in [9.17, 15) is 9.59 Å². The summed E-state index contributed by atoms with van der Waals surface area (Å²) in [5.74, 6) is -1.99. The highest BCUT2D eigenvalue weighted by atomic mass is 16.4. The summed E-state index contributed by atoms with van der Waals surface area (Å²) in [6.45, 7) is 3.43. The summed E-state index contributed by atoms with van der Waals surface area (Å²) < 4.78 is 1.46. The molecule has 7 nitrogen and oxygen atoms in total. The van der Waals surface area contributed by atoms with E-state index in [0.29, 0.717) is 0 Å². The highest BCUT2D eigenvalue weighted by molar-refractivity contribution is 5.93. The predicted molar refractivity (Wildman–Crippen MR) is 75.1 cm³/mol. The van der Waals surface area contributed by atoms with Gasteiger partial charge in [0.15, 0.2) is 0 Å². The zero-order chi connectivity index (χ0) is 15.4. The molecule has 7 heteroatoms. The van der Waals surface area contributed by atoms with Gasteiger partial charge < -0.3 is 10.4 Å². The maximum absolute atomic E-state index is 12.0. The normalized spacial score (nSPS) is 12.1. The molecule has 2 N–H and O–H groups in total. The van der Waals surface area contributed by atoms with E-state index in [1.165, 1.54) is 11.0 Å². The molecule has 21 heavy (non-hydrogen) atoms. The van der Waals surface area contributed by atoms with Crippen LogP contribution in [0.5, 0.6) is 0 Å². The summed E-state index contributed by atoms with van der Waals surface area (Å²) in [5, 5.41) is 15.5. The minimum absolute atomic E-state index is 0.0641. The summed E-state index contributed by atoms with van der Waals surface area (Å²) >= 11 is 0. The van der Waals surface area contributed by atoms with Gasteiger partial charge in [-0.3, -0.25) is 4.79 Å². The molecule has 0 aliphatic rings. The van der Waals surface area contributed by atoms with E-state index in [2.05, 4.69) is 15.4 Å². The highest BCUT2D eigenvalue weighted by Crippen LogP contribution is 2.06. The molecule has 0 radical (unpaired) electrons. The molecule has 2 aromatic rings. The first-order valence-corrected chi connectivity index (χ1v) is 6.50. The van der Waals surface area contributed by atoms with E-state index in [1.54, 1.807) is 13.8 Å². The number of para-hydroxylation sites is 1. The number of carboxylic acids is 1. The second-order valence-electron chi connectivity index (χ2n) is 4.88. The van der Waals surface area contributed by atoms with Crippen molar-refractivity contribution >= 4 is 11.9 Å². The van der Waals surface area contributed by atoms with Gasteiger partial charge in [0.25, 0.3) is 5.91 Å². The van der Waals surface area contributed by atoms with Crippen LogP contribution in [0.4, 0.5) is 0 Å². The molecule has 0 unspecified atom stereocenters. The van der Waals surface area contributed by atoms with Crippen molar-refractivity contribution in [3.05, 3.63) is 42.5 Å². The molecule has 0 bridgehead atoms. The molecule has 0 aliphatic heterocycles. The lowest BCUT2D eigenvalue weighted by Crippen LogP contribution is -2.44. The van der Waals surface area contributed by atoms with Gasteiger partial charge in [-0.1, -0.05) is 32.0 Å². The zero-order valence-corrected chi connectivity index (χ0v) is 11.7.